The number of para-hydroxylation sites is 1. The summed E-state index contributed by atoms with van der Waals surface area (Å²) in [4.78, 5) is 96.9. The molecule has 1 aromatic heterocycles. The zero-order chi connectivity index (χ0) is 72.2. The number of piperidine rings is 6. The number of hydrogen-bond acceptors (Lipinski definition) is 13. The van der Waals surface area contributed by atoms with Crippen molar-refractivity contribution in [2.24, 2.45) is 0 Å². The molecule has 3 spiro atoms. The number of hydrogen-bond donors (Lipinski definition) is 0. The Balaban J connectivity index is 0.000000145. The largest absolute Gasteiger partial charge is 0.450 e. The molecule has 9 aliphatic heterocycles. The summed E-state index contributed by atoms with van der Waals surface area (Å²) in [5, 5.41) is 7.56. The monoisotopic (exact) mass is 1410 g/mol. The Hall–Kier alpha value is -8.42. The molecule has 4 aromatic carbocycles. The molecule has 21 nitrogen and oxygen atoms in total. The zero-order valence-corrected chi connectivity index (χ0v) is 60.1. The molecule has 0 bridgehead atoms. The highest BCUT2D eigenvalue weighted by atomic mass is 19.1. The number of benzene rings is 4. The van der Waals surface area contributed by atoms with Crippen LogP contribution in [-0.4, -0.2) is 249 Å². The third-order valence-corrected chi connectivity index (χ3v) is 23.3. The number of ether oxygens (including phenoxy) is 2. The number of carbonyl (C=O) groups is 6. The molecule has 25 heteroatoms. The van der Waals surface area contributed by atoms with Crippen molar-refractivity contribution in [3.63, 3.8) is 0 Å². The second kappa shape index (κ2) is 31.3. The quantitative estimate of drug-likeness (QED) is 0.134. The van der Waals surface area contributed by atoms with Gasteiger partial charge in [-0.25, -0.2) is 36.7 Å². The van der Waals surface area contributed by atoms with E-state index in [-0.39, 0.29) is 63.7 Å². The first-order chi connectivity index (χ1) is 49.0. The van der Waals surface area contributed by atoms with Crippen molar-refractivity contribution in [1.82, 2.24) is 49.4 Å². The van der Waals surface area contributed by atoms with Gasteiger partial charge >= 0.3 is 24.2 Å². The van der Waals surface area contributed by atoms with E-state index < -0.39 is 18.9 Å². The van der Waals surface area contributed by atoms with Crippen molar-refractivity contribution >= 4 is 53.1 Å². The molecule has 1 unspecified atom stereocenters. The van der Waals surface area contributed by atoms with Gasteiger partial charge in [-0.15, -0.1) is 0 Å². The van der Waals surface area contributed by atoms with Gasteiger partial charge < -0.3 is 53.6 Å². The second-order valence-electron chi connectivity index (χ2n) is 29.8. The van der Waals surface area contributed by atoms with Gasteiger partial charge in [0.1, 0.15) is 30.2 Å². The van der Waals surface area contributed by atoms with Crippen molar-refractivity contribution in [3.05, 3.63) is 137 Å². The van der Waals surface area contributed by atoms with Crippen LogP contribution in [0.1, 0.15) is 125 Å². The summed E-state index contributed by atoms with van der Waals surface area (Å²) < 4.78 is 64.8. The molecule has 0 saturated carbocycles. The number of urea groups is 2. The van der Waals surface area contributed by atoms with E-state index in [1.165, 1.54) is 36.0 Å². The predicted octanol–water partition coefficient (Wildman–Crippen LogP) is 11.2. The van der Waals surface area contributed by atoms with Crippen molar-refractivity contribution in [3.8, 4) is 11.1 Å². The van der Waals surface area contributed by atoms with Crippen LogP contribution >= 0.6 is 0 Å². The number of carbonyl (C=O) groups excluding carboxylic acids is 6. The van der Waals surface area contributed by atoms with Gasteiger partial charge in [-0.3, -0.25) is 19.4 Å². The maximum atomic E-state index is 14.2. The highest BCUT2D eigenvalue weighted by Gasteiger charge is 2.51. The van der Waals surface area contributed by atoms with Crippen LogP contribution in [0.15, 0.2) is 97.3 Å². The van der Waals surface area contributed by atoms with E-state index in [1.807, 2.05) is 32.6 Å². The molecule has 102 heavy (non-hydrogen) atoms. The first-order valence-electron chi connectivity index (χ1n) is 36.5. The maximum absolute atomic E-state index is 14.2. The molecule has 0 aliphatic carbocycles. The molecule has 8 amide bonds. The molecule has 6 fully saturated rings. The number of likely N-dealkylation sites (tertiary alicyclic amines) is 6. The third kappa shape index (κ3) is 15.3. The molecule has 0 N–H and O–H groups in total. The fraction of sp³-hybridized carbons (Fsp3) is 0.558. The summed E-state index contributed by atoms with van der Waals surface area (Å²) in [5.41, 5.74) is 7.80. The zero-order valence-electron chi connectivity index (χ0n) is 60.1. The molecule has 10 heterocycles. The topological polar surface area (TPSA) is 182 Å². The van der Waals surface area contributed by atoms with E-state index in [2.05, 4.69) is 37.0 Å². The number of aromatic nitrogens is 2. The standard InChI is InChI=1S/C28H34FN3O3.C25H31FN6O2.C24H34F2N4O3/c1-3-35-27(34)31-15-11-23(12-16-31)30-17-13-28(14-18-30)19-32(20(2)33)26-24(5-4-6-25(26)28)21-7-9-22(29)10-8-21;1-29(2)24(34)32-17-25(21-15-19(26)3-4-22(21)32)8-13-30(14-9-25)20-6-11-31(12-7-20)23(33)18-5-10-27-28-16-18;1-17(15-25)33-23(32)29-10-6-19(7-11-29)28-12-8-24(9-13-28)16-30(22(31)27(2)3)21-5-4-18(26)14-20(21)24/h4-10,23H,3,11-19H2,1-2H3;3-5,10,15-16,20H,6-9,11-14,17H2,1-2H3;4-5,14,17,19H,6-13,15-16H2,1-3H3. The highest BCUT2D eigenvalue weighted by Crippen LogP contribution is 2.53. The summed E-state index contributed by atoms with van der Waals surface area (Å²) >= 11 is 0. The molecule has 1 atom stereocenters. The Bertz CT molecular complexity index is 3800. The van der Waals surface area contributed by atoms with Crippen LogP contribution in [-0.2, 0) is 30.5 Å². The van der Waals surface area contributed by atoms with Crippen LogP contribution in [0.5, 0.6) is 0 Å². The van der Waals surface area contributed by atoms with Gasteiger partial charge in [0.05, 0.1) is 30.3 Å². The molecular formula is C77H99F4N13O8. The van der Waals surface area contributed by atoms with Gasteiger partial charge in [-0.2, -0.15) is 10.2 Å². The minimum absolute atomic E-state index is 0.0150. The van der Waals surface area contributed by atoms with Crippen LogP contribution in [0.3, 0.4) is 0 Å². The van der Waals surface area contributed by atoms with Gasteiger partial charge in [0, 0.05) is 145 Å². The van der Waals surface area contributed by atoms with E-state index in [9.17, 15) is 46.3 Å². The Morgan fingerprint density at radius 2 is 0.961 bits per heavy atom. The van der Waals surface area contributed by atoms with Gasteiger partial charge in [0.15, 0.2) is 0 Å². The summed E-state index contributed by atoms with van der Waals surface area (Å²) in [7, 11) is 6.97. The molecular weight excluding hydrogens is 1310 g/mol. The van der Waals surface area contributed by atoms with Crippen molar-refractivity contribution in [2.45, 2.75) is 138 Å². The van der Waals surface area contributed by atoms with E-state index in [1.54, 1.807) is 110 Å². The van der Waals surface area contributed by atoms with Crippen LogP contribution in [0.25, 0.3) is 11.1 Å². The summed E-state index contributed by atoms with van der Waals surface area (Å²) in [6, 6.07) is 25.3. The highest BCUT2D eigenvalue weighted by molar-refractivity contribution is 6.00. The lowest BCUT2D eigenvalue weighted by Crippen LogP contribution is -2.53. The lowest BCUT2D eigenvalue weighted by molar-refractivity contribution is -0.116. The maximum Gasteiger partial charge on any atom is 0.410 e. The Morgan fingerprint density at radius 1 is 0.529 bits per heavy atom. The molecule has 9 aliphatic rings. The van der Waals surface area contributed by atoms with Gasteiger partial charge in [-0.05, 0) is 207 Å². The normalized spacial score (nSPS) is 20.8. The van der Waals surface area contributed by atoms with Gasteiger partial charge in [-0.1, -0.05) is 30.3 Å². The number of amides is 8. The lowest BCUT2D eigenvalue weighted by atomic mass is 9.73. The van der Waals surface area contributed by atoms with Crippen LogP contribution in [0, 0.1) is 17.5 Å². The fourth-order valence-corrected chi connectivity index (χ4v) is 17.6. The predicted molar refractivity (Wildman–Crippen MR) is 382 cm³/mol. The molecule has 548 valence electrons. The lowest BCUT2D eigenvalue weighted by Gasteiger charge is -2.45. The van der Waals surface area contributed by atoms with Crippen molar-refractivity contribution < 1.29 is 55.8 Å². The SMILES string of the molecule is CC(CF)OC(=O)N1CCC(N2CCC3(CC2)CN(C(=O)N(C)C)c2ccc(F)cc23)CC1.CCOC(=O)N1CCC(N2CCC3(CC2)CN(C(C)=O)c2c(-c4ccc(F)cc4)cccc23)CC1.CN(C)C(=O)N1CC2(CCN(C3CCN(C(=O)c4ccnnc4)CC3)CC2)c2cc(F)ccc21. The Labute approximate surface area is 596 Å². The fourth-order valence-electron chi connectivity index (χ4n) is 17.6. The number of fused-ring (bicyclic) bond motifs is 6. The van der Waals surface area contributed by atoms with Crippen LogP contribution in [0.4, 0.5) is 53.8 Å². The average Bonchev–Trinajstić information content (AvgIpc) is 1.59. The minimum atomic E-state index is -0.716. The number of halogens is 4. The second-order valence-corrected chi connectivity index (χ2v) is 29.8. The Morgan fingerprint density at radius 3 is 1.38 bits per heavy atom. The molecule has 14 rings (SSSR count). The smallest absolute Gasteiger partial charge is 0.410 e. The summed E-state index contributed by atoms with van der Waals surface area (Å²) in [5.74, 6) is -0.716. The molecule has 0 radical (unpaired) electrons. The van der Waals surface area contributed by atoms with Crippen LogP contribution in [0.2, 0.25) is 0 Å². The van der Waals surface area contributed by atoms with Crippen molar-refractivity contribution in [2.75, 3.05) is 154 Å². The van der Waals surface area contributed by atoms with E-state index in [0.29, 0.717) is 63.0 Å². The molecule has 6 saturated heterocycles. The minimum Gasteiger partial charge on any atom is -0.450 e. The first-order valence-corrected chi connectivity index (χ1v) is 36.5. The number of anilines is 3. The van der Waals surface area contributed by atoms with Gasteiger partial charge in [0.2, 0.25) is 5.91 Å². The molecule has 5 aromatic rings. The van der Waals surface area contributed by atoms with Gasteiger partial charge in [0.25, 0.3) is 5.91 Å². The van der Waals surface area contributed by atoms with Crippen molar-refractivity contribution in [1.29, 1.82) is 0 Å². The van der Waals surface area contributed by atoms with Crippen LogP contribution < -0.4 is 14.7 Å². The van der Waals surface area contributed by atoms with E-state index in [4.69, 9.17) is 9.47 Å². The third-order valence-electron chi connectivity index (χ3n) is 23.3. The van der Waals surface area contributed by atoms with E-state index >= 15 is 0 Å². The first kappa shape index (κ1) is 73.3. The number of nitrogens with zero attached hydrogens (tertiary/aromatic N) is 13. The van der Waals surface area contributed by atoms with E-state index in [0.717, 1.165) is 182 Å². The number of alkyl halides is 1. The average molecular weight is 1410 g/mol. The Kier molecular flexibility index (Phi) is 22.5. The summed E-state index contributed by atoms with van der Waals surface area (Å²) in [6.07, 6.45) is 12.7. The number of rotatable bonds is 8. The summed E-state index contributed by atoms with van der Waals surface area (Å²) in [6.45, 7) is 16.3.